The summed E-state index contributed by atoms with van der Waals surface area (Å²) in [6.07, 6.45) is 0. The molecule has 0 atom stereocenters. The van der Waals surface area contributed by atoms with Crippen LogP contribution in [-0.2, 0) is 9.53 Å². The van der Waals surface area contributed by atoms with Gasteiger partial charge in [-0.3, -0.25) is 0 Å². The van der Waals surface area contributed by atoms with Crippen LogP contribution in [-0.4, -0.2) is 17.6 Å². The molecule has 2 aromatic carbocycles. The predicted octanol–water partition coefficient (Wildman–Crippen LogP) is 6.78. The molecule has 6 heteroatoms. The van der Waals surface area contributed by atoms with Crippen LogP contribution in [0.3, 0.4) is 0 Å². The summed E-state index contributed by atoms with van der Waals surface area (Å²) in [4.78, 5) is 16.1. The van der Waals surface area contributed by atoms with E-state index in [1.54, 1.807) is 7.11 Å². The summed E-state index contributed by atoms with van der Waals surface area (Å²) in [5.41, 5.74) is 6.90. The third-order valence-electron chi connectivity index (χ3n) is 6.24. The fourth-order valence-corrected chi connectivity index (χ4v) is 4.52. The second-order valence-electron chi connectivity index (χ2n) is 8.59. The molecule has 0 aliphatic carbocycles. The van der Waals surface area contributed by atoms with Crippen LogP contribution >= 0.6 is 0 Å². The highest BCUT2D eigenvalue weighted by molar-refractivity contribution is 6.04. The van der Waals surface area contributed by atoms with E-state index in [4.69, 9.17) is 16.0 Å². The Hall–Kier alpha value is -4.81. The lowest BCUT2D eigenvalue weighted by Gasteiger charge is -2.14. The molecule has 178 valence electrons. The molecule has 0 radical (unpaired) electrons. The second-order valence-corrected chi connectivity index (χ2v) is 8.59. The number of aromatic nitrogens is 1. The third kappa shape index (κ3) is 4.10. The maximum absolute atomic E-state index is 12.8. The van der Waals surface area contributed by atoms with Crippen molar-refractivity contribution >= 4 is 11.5 Å². The van der Waals surface area contributed by atoms with Gasteiger partial charge in [-0.1, -0.05) is 35.9 Å². The normalized spacial score (nSPS) is 15.6. The highest BCUT2D eigenvalue weighted by atomic mass is 16.5. The average molecular weight is 476 g/mol. The van der Waals surface area contributed by atoms with Crippen LogP contribution in [0.2, 0.25) is 0 Å². The van der Waals surface area contributed by atoms with E-state index in [0.29, 0.717) is 11.1 Å². The van der Waals surface area contributed by atoms with Crippen LogP contribution < -0.4 is 4.74 Å². The highest BCUT2D eigenvalue weighted by Gasteiger charge is 2.36. The number of allylic oxidation sites excluding steroid dienone is 4. The summed E-state index contributed by atoms with van der Waals surface area (Å²) in [6, 6.07) is 21.8. The Morgan fingerprint density at radius 2 is 1.72 bits per heavy atom. The van der Waals surface area contributed by atoms with E-state index in [0.717, 1.165) is 45.1 Å². The fourth-order valence-electron chi connectivity index (χ4n) is 4.52. The Kier molecular flexibility index (Phi) is 6.63. The van der Waals surface area contributed by atoms with E-state index in [-0.39, 0.29) is 11.5 Å². The zero-order chi connectivity index (χ0) is 26.0. The van der Waals surface area contributed by atoms with Gasteiger partial charge >= 0.3 is 11.7 Å². The van der Waals surface area contributed by atoms with Gasteiger partial charge in [0, 0.05) is 17.0 Å². The van der Waals surface area contributed by atoms with E-state index >= 15 is 0 Å². The lowest BCUT2D eigenvalue weighted by molar-refractivity contribution is -0.132. The Bertz CT molecular complexity index is 1520. The van der Waals surface area contributed by atoms with E-state index < -0.39 is 5.97 Å². The SMILES string of the molecule is [C-]#[N+]C(C#N)=C1OC(=O)C(=C(C)C)C1=C(C)c1cc(-c2ccccc2)n(-c2ccc(OC)cc2)c1C. The number of benzene rings is 2. The van der Waals surface area contributed by atoms with Gasteiger partial charge in [-0.25, -0.2) is 14.9 Å². The number of esters is 1. The first kappa shape index (κ1) is 24.3. The maximum atomic E-state index is 12.8. The summed E-state index contributed by atoms with van der Waals surface area (Å²) in [5, 5.41) is 9.54. The van der Waals surface area contributed by atoms with Crippen molar-refractivity contribution in [1.29, 1.82) is 5.26 Å². The number of methoxy groups -OCH3 is 1. The molecule has 1 aromatic heterocycles. The van der Waals surface area contributed by atoms with Crippen molar-refractivity contribution in [3.05, 3.63) is 112 Å². The summed E-state index contributed by atoms with van der Waals surface area (Å²) < 4.78 is 13.0. The Morgan fingerprint density at radius 1 is 1.06 bits per heavy atom. The van der Waals surface area contributed by atoms with Crippen LogP contribution in [0.25, 0.3) is 27.4 Å². The van der Waals surface area contributed by atoms with Crippen LogP contribution in [0.4, 0.5) is 0 Å². The molecule has 4 rings (SSSR count). The number of hydrogen-bond donors (Lipinski definition) is 0. The lowest BCUT2D eigenvalue weighted by Crippen LogP contribution is -2.01. The van der Waals surface area contributed by atoms with Crippen molar-refractivity contribution in [1.82, 2.24) is 4.57 Å². The molecule has 1 aliphatic heterocycles. The monoisotopic (exact) mass is 475 g/mol. The van der Waals surface area contributed by atoms with Crippen LogP contribution in [0.5, 0.6) is 5.75 Å². The minimum absolute atomic E-state index is 0.0176. The first-order chi connectivity index (χ1) is 17.3. The van der Waals surface area contributed by atoms with Crippen LogP contribution in [0, 0.1) is 24.8 Å². The molecule has 2 heterocycles. The maximum Gasteiger partial charge on any atom is 0.342 e. The number of cyclic esters (lactones) is 1. The summed E-state index contributed by atoms with van der Waals surface area (Å²) in [6.45, 7) is 15.0. The van der Waals surface area contributed by atoms with Crippen molar-refractivity contribution in [2.75, 3.05) is 7.11 Å². The molecule has 0 amide bonds. The number of ether oxygens (including phenoxy) is 2. The van der Waals surface area contributed by atoms with Gasteiger partial charge in [-0.2, -0.15) is 0 Å². The van der Waals surface area contributed by atoms with E-state index in [1.165, 1.54) is 0 Å². The third-order valence-corrected chi connectivity index (χ3v) is 6.24. The van der Waals surface area contributed by atoms with Gasteiger partial charge in [0.25, 0.3) is 0 Å². The van der Waals surface area contributed by atoms with E-state index in [9.17, 15) is 10.1 Å². The Labute approximate surface area is 210 Å². The number of carbonyl (C=O) groups is 1. The molecule has 1 fully saturated rings. The topological polar surface area (TPSA) is 68.6 Å². The number of hydrogen-bond acceptors (Lipinski definition) is 4. The van der Waals surface area contributed by atoms with Gasteiger partial charge in [0.05, 0.1) is 31.0 Å². The summed E-state index contributed by atoms with van der Waals surface area (Å²) >= 11 is 0. The summed E-state index contributed by atoms with van der Waals surface area (Å²) in [7, 11) is 1.63. The van der Waals surface area contributed by atoms with Crippen LogP contribution in [0.15, 0.2) is 88.8 Å². The van der Waals surface area contributed by atoms with Gasteiger partial charge in [-0.05, 0) is 74.7 Å². The van der Waals surface area contributed by atoms with E-state index in [1.807, 2.05) is 88.4 Å². The van der Waals surface area contributed by atoms with Gasteiger partial charge in [0.2, 0.25) is 0 Å². The van der Waals surface area contributed by atoms with Crippen molar-refractivity contribution in [2.45, 2.75) is 27.7 Å². The lowest BCUT2D eigenvalue weighted by atomic mass is 9.93. The molecule has 1 aliphatic rings. The standard InChI is InChI=1S/C30H25N3O3/c1-18(2)27-28(29(36-30(27)34)25(17-31)32-5)19(3)24-16-26(21-10-8-7-9-11-21)33(20(24)4)22-12-14-23(35-6)15-13-22/h7-16H,1-4,6H3. The van der Waals surface area contributed by atoms with Crippen molar-refractivity contribution in [2.24, 2.45) is 0 Å². The zero-order valence-corrected chi connectivity index (χ0v) is 20.8. The zero-order valence-electron chi connectivity index (χ0n) is 20.8. The Balaban J connectivity index is 2.06. The molecule has 6 nitrogen and oxygen atoms in total. The molecular weight excluding hydrogens is 450 g/mol. The molecule has 3 aromatic rings. The minimum Gasteiger partial charge on any atom is -0.497 e. The van der Waals surface area contributed by atoms with Gasteiger partial charge < -0.3 is 14.0 Å². The Morgan fingerprint density at radius 3 is 2.28 bits per heavy atom. The number of nitrogens with zero attached hydrogens (tertiary/aromatic N) is 3. The van der Waals surface area contributed by atoms with E-state index in [2.05, 4.69) is 15.5 Å². The first-order valence-corrected chi connectivity index (χ1v) is 11.4. The van der Waals surface area contributed by atoms with Crippen molar-refractivity contribution in [3.8, 4) is 28.8 Å². The quantitative estimate of drug-likeness (QED) is 0.180. The average Bonchev–Trinajstić information content (AvgIpc) is 3.42. The largest absolute Gasteiger partial charge is 0.497 e. The van der Waals surface area contributed by atoms with Gasteiger partial charge in [0.1, 0.15) is 5.75 Å². The smallest absolute Gasteiger partial charge is 0.342 e. The number of nitriles is 1. The highest BCUT2D eigenvalue weighted by Crippen LogP contribution is 2.42. The second kappa shape index (κ2) is 9.82. The molecule has 0 N–H and O–H groups in total. The predicted molar refractivity (Wildman–Crippen MR) is 139 cm³/mol. The summed E-state index contributed by atoms with van der Waals surface area (Å²) in [5.74, 6) is 0.228. The van der Waals surface area contributed by atoms with Gasteiger partial charge in [-0.15, -0.1) is 0 Å². The first-order valence-electron chi connectivity index (χ1n) is 11.4. The van der Waals surface area contributed by atoms with Crippen molar-refractivity contribution in [3.63, 3.8) is 0 Å². The fraction of sp³-hybridized carbons (Fsp3) is 0.167. The minimum atomic E-state index is -0.550. The molecule has 1 saturated heterocycles. The molecule has 0 saturated carbocycles. The molecule has 0 bridgehead atoms. The van der Waals surface area contributed by atoms with Crippen LogP contribution in [0.1, 0.15) is 32.0 Å². The molecular formula is C30H25N3O3. The molecule has 36 heavy (non-hydrogen) atoms. The molecule has 0 unspecified atom stereocenters. The van der Waals surface area contributed by atoms with Gasteiger partial charge in [0.15, 0.2) is 5.76 Å². The number of rotatable bonds is 4. The van der Waals surface area contributed by atoms with Crippen molar-refractivity contribution < 1.29 is 14.3 Å². The number of carbonyl (C=O) groups excluding carboxylic acids is 1. The molecule has 0 spiro atoms.